The van der Waals surface area contributed by atoms with Crippen LogP contribution in [0.15, 0.2) is 34.0 Å². The number of nitrogens with zero attached hydrogens (tertiary/aromatic N) is 6. The van der Waals surface area contributed by atoms with Crippen molar-refractivity contribution in [2.75, 3.05) is 19.8 Å². The SMILES string of the molecule is CC(C)Oc1ccc(/C=N\NC(=O)c2nnn(-c3nonc3N)c2C[NH+](C)C)cc1. The Morgan fingerprint density at radius 1 is 1.33 bits per heavy atom. The second-order valence-electron chi connectivity index (χ2n) is 7.09. The number of nitrogen functional groups attached to an aromatic ring is 1. The van der Waals surface area contributed by atoms with Gasteiger partial charge in [-0.05, 0) is 54.0 Å². The van der Waals surface area contributed by atoms with E-state index >= 15 is 0 Å². The molecule has 0 unspecified atom stereocenters. The minimum absolute atomic E-state index is 0.0461. The fraction of sp³-hybridized carbons (Fsp3) is 0.333. The van der Waals surface area contributed by atoms with Gasteiger partial charge < -0.3 is 15.4 Å². The van der Waals surface area contributed by atoms with Gasteiger partial charge in [0, 0.05) is 0 Å². The van der Waals surface area contributed by atoms with Gasteiger partial charge in [-0.25, -0.2) is 10.1 Å². The summed E-state index contributed by atoms with van der Waals surface area (Å²) in [5, 5.41) is 19.2. The summed E-state index contributed by atoms with van der Waals surface area (Å²) >= 11 is 0. The maximum absolute atomic E-state index is 12.6. The number of hydrogen-bond donors (Lipinski definition) is 3. The van der Waals surface area contributed by atoms with E-state index in [1.165, 1.54) is 10.9 Å². The molecule has 0 fully saturated rings. The van der Waals surface area contributed by atoms with Crippen LogP contribution in [-0.4, -0.2) is 57.6 Å². The maximum atomic E-state index is 12.6. The zero-order valence-electron chi connectivity index (χ0n) is 17.2. The summed E-state index contributed by atoms with van der Waals surface area (Å²) in [5.74, 6) is 0.471. The number of nitrogens with two attached hydrogens (primary N) is 1. The van der Waals surface area contributed by atoms with Crippen molar-refractivity contribution in [3.05, 3.63) is 41.2 Å². The highest BCUT2D eigenvalue weighted by molar-refractivity contribution is 5.94. The van der Waals surface area contributed by atoms with Crippen LogP contribution >= 0.6 is 0 Å². The van der Waals surface area contributed by atoms with Crippen LogP contribution in [0.25, 0.3) is 5.82 Å². The summed E-state index contributed by atoms with van der Waals surface area (Å²) < 4.78 is 11.6. The molecular weight excluding hydrogens is 390 g/mol. The Labute approximate surface area is 172 Å². The van der Waals surface area contributed by atoms with Gasteiger partial charge in [-0.3, -0.25) is 4.79 Å². The van der Waals surface area contributed by atoms with Crippen molar-refractivity contribution in [3.63, 3.8) is 0 Å². The van der Waals surface area contributed by atoms with Crippen molar-refractivity contribution in [1.29, 1.82) is 0 Å². The number of quaternary nitrogens is 1. The van der Waals surface area contributed by atoms with E-state index in [0.29, 0.717) is 12.2 Å². The number of hydrogen-bond acceptors (Lipinski definition) is 9. The molecule has 2 heterocycles. The molecule has 0 radical (unpaired) electrons. The van der Waals surface area contributed by atoms with Crippen LogP contribution in [0.3, 0.4) is 0 Å². The number of aromatic nitrogens is 5. The Balaban J connectivity index is 1.74. The lowest BCUT2D eigenvalue weighted by molar-refractivity contribution is -0.873. The second kappa shape index (κ2) is 9.13. The highest BCUT2D eigenvalue weighted by Crippen LogP contribution is 2.15. The molecule has 0 saturated heterocycles. The summed E-state index contributed by atoms with van der Waals surface area (Å²) in [6.45, 7) is 4.35. The summed E-state index contributed by atoms with van der Waals surface area (Å²) in [4.78, 5) is 13.7. The molecule has 0 atom stereocenters. The summed E-state index contributed by atoms with van der Waals surface area (Å²) in [6, 6.07) is 7.35. The molecular formula is C18H24N9O3+. The van der Waals surface area contributed by atoms with Crippen molar-refractivity contribution < 1.29 is 19.1 Å². The lowest BCUT2D eigenvalue weighted by atomic mass is 10.2. The first-order valence-corrected chi connectivity index (χ1v) is 9.27. The molecule has 3 rings (SSSR count). The van der Waals surface area contributed by atoms with Gasteiger partial charge in [0.25, 0.3) is 5.91 Å². The Kier molecular flexibility index (Phi) is 6.37. The van der Waals surface area contributed by atoms with Crippen molar-refractivity contribution in [1.82, 2.24) is 30.7 Å². The van der Waals surface area contributed by atoms with Gasteiger partial charge in [0.2, 0.25) is 11.6 Å². The molecule has 3 aromatic rings. The second-order valence-corrected chi connectivity index (χ2v) is 7.09. The van der Waals surface area contributed by atoms with Crippen LogP contribution in [0.5, 0.6) is 5.75 Å². The van der Waals surface area contributed by atoms with E-state index in [0.717, 1.165) is 16.2 Å². The van der Waals surface area contributed by atoms with Gasteiger partial charge >= 0.3 is 0 Å². The van der Waals surface area contributed by atoms with Crippen LogP contribution in [-0.2, 0) is 6.54 Å². The first kappa shape index (κ1) is 20.9. The third kappa shape index (κ3) is 4.97. The molecule has 30 heavy (non-hydrogen) atoms. The number of hydrazone groups is 1. The predicted molar refractivity (Wildman–Crippen MR) is 107 cm³/mol. The third-order valence-electron chi connectivity index (χ3n) is 3.83. The molecule has 0 spiro atoms. The van der Waals surface area contributed by atoms with Crippen LogP contribution < -0.4 is 20.8 Å². The maximum Gasteiger partial charge on any atom is 0.294 e. The van der Waals surface area contributed by atoms with E-state index in [9.17, 15) is 4.79 Å². The fourth-order valence-electron chi connectivity index (χ4n) is 2.60. The largest absolute Gasteiger partial charge is 0.491 e. The summed E-state index contributed by atoms with van der Waals surface area (Å²) in [5.41, 5.74) is 9.62. The van der Waals surface area contributed by atoms with Gasteiger partial charge in [-0.15, -0.1) is 5.10 Å². The Morgan fingerprint density at radius 3 is 2.67 bits per heavy atom. The molecule has 2 aromatic heterocycles. The fourth-order valence-corrected chi connectivity index (χ4v) is 2.60. The quantitative estimate of drug-likeness (QED) is 0.327. The molecule has 12 nitrogen and oxygen atoms in total. The number of amides is 1. The number of anilines is 1. The molecule has 1 aromatic carbocycles. The highest BCUT2D eigenvalue weighted by atomic mass is 16.6. The van der Waals surface area contributed by atoms with E-state index in [-0.39, 0.29) is 23.4 Å². The Morgan fingerprint density at radius 2 is 2.07 bits per heavy atom. The van der Waals surface area contributed by atoms with E-state index in [2.05, 4.69) is 35.8 Å². The number of rotatable bonds is 8. The number of ether oxygens (including phenoxy) is 1. The molecule has 0 saturated carbocycles. The normalized spacial score (nSPS) is 11.5. The van der Waals surface area contributed by atoms with Gasteiger partial charge in [-0.2, -0.15) is 9.78 Å². The third-order valence-corrected chi connectivity index (χ3v) is 3.83. The molecule has 0 aliphatic carbocycles. The number of carbonyl (C=O) groups excluding carboxylic acids is 1. The van der Waals surface area contributed by atoms with E-state index < -0.39 is 5.91 Å². The number of benzene rings is 1. The van der Waals surface area contributed by atoms with E-state index in [4.69, 9.17) is 10.5 Å². The average molecular weight is 414 g/mol. The van der Waals surface area contributed by atoms with Crippen LogP contribution in [0.1, 0.15) is 35.6 Å². The predicted octanol–water partition coefficient (Wildman–Crippen LogP) is -0.572. The number of carbonyl (C=O) groups is 1. The molecule has 158 valence electrons. The lowest BCUT2D eigenvalue weighted by Gasteiger charge is -2.09. The first-order valence-electron chi connectivity index (χ1n) is 9.27. The standard InChI is InChI=1S/C18H23N9O3/c1-11(2)29-13-7-5-12(6-8-13)9-20-22-18(28)15-14(10-26(3)4)27(25-21-15)17-16(19)23-30-24-17/h5-9,11H,10H2,1-4H3,(H2,19,23)(H,22,28)/p+1/b20-9-. The molecule has 1 amide bonds. The molecule has 12 heteroatoms. The van der Waals surface area contributed by atoms with Crippen molar-refractivity contribution in [2.45, 2.75) is 26.5 Å². The summed E-state index contributed by atoms with van der Waals surface area (Å²) in [6.07, 6.45) is 1.62. The van der Waals surface area contributed by atoms with Crippen LogP contribution in [0.2, 0.25) is 0 Å². The summed E-state index contributed by atoms with van der Waals surface area (Å²) in [7, 11) is 3.85. The van der Waals surface area contributed by atoms with Gasteiger partial charge in [0.15, 0.2) is 5.69 Å². The zero-order valence-corrected chi connectivity index (χ0v) is 17.2. The van der Waals surface area contributed by atoms with Crippen LogP contribution in [0.4, 0.5) is 5.82 Å². The first-order chi connectivity index (χ1) is 14.3. The smallest absolute Gasteiger partial charge is 0.294 e. The molecule has 0 bridgehead atoms. The van der Waals surface area contributed by atoms with Gasteiger partial charge in [0.05, 0.1) is 26.4 Å². The minimum atomic E-state index is -0.511. The molecule has 0 aliphatic heterocycles. The highest BCUT2D eigenvalue weighted by Gasteiger charge is 2.25. The lowest BCUT2D eigenvalue weighted by Crippen LogP contribution is -3.04. The Bertz CT molecular complexity index is 1020. The number of nitrogens with one attached hydrogen (secondary N) is 2. The molecule has 4 N–H and O–H groups in total. The van der Waals surface area contributed by atoms with Crippen molar-refractivity contribution in [2.24, 2.45) is 5.10 Å². The monoisotopic (exact) mass is 414 g/mol. The topological polar surface area (TPSA) is 151 Å². The van der Waals surface area contributed by atoms with Gasteiger partial charge in [0.1, 0.15) is 18.0 Å². The Hall–Kier alpha value is -3.80. The van der Waals surface area contributed by atoms with E-state index in [1.54, 1.807) is 0 Å². The van der Waals surface area contributed by atoms with Crippen LogP contribution in [0, 0.1) is 0 Å². The minimum Gasteiger partial charge on any atom is -0.491 e. The molecule has 0 aliphatic rings. The average Bonchev–Trinajstić information content (AvgIpc) is 3.28. The zero-order chi connectivity index (χ0) is 21.7. The van der Waals surface area contributed by atoms with Crippen molar-refractivity contribution in [3.8, 4) is 11.6 Å². The van der Waals surface area contributed by atoms with Gasteiger partial charge in [-0.1, -0.05) is 5.21 Å². The van der Waals surface area contributed by atoms with Crippen molar-refractivity contribution >= 4 is 17.9 Å². The van der Waals surface area contributed by atoms with E-state index in [1.807, 2.05) is 52.2 Å².